The first-order valence-corrected chi connectivity index (χ1v) is 10.9. The van der Waals surface area contributed by atoms with Gasteiger partial charge in [0.1, 0.15) is 5.82 Å². The van der Waals surface area contributed by atoms with Crippen LogP contribution in [0.2, 0.25) is 0 Å². The number of nitrogens with one attached hydrogen (secondary N) is 2. The number of hydrogen-bond acceptors (Lipinski definition) is 6. The van der Waals surface area contributed by atoms with E-state index in [2.05, 4.69) is 25.6 Å². The summed E-state index contributed by atoms with van der Waals surface area (Å²) in [5, 5.41) is 6.89. The van der Waals surface area contributed by atoms with Crippen LogP contribution in [0.25, 0.3) is 22.0 Å². The van der Waals surface area contributed by atoms with Crippen molar-refractivity contribution in [1.29, 1.82) is 0 Å². The van der Waals surface area contributed by atoms with E-state index in [1.807, 2.05) is 32.2 Å². The van der Waals surface area contributed by atoms with E-state index in [0.29, 0.717) is 23.2 Å². The standard InChI is InChI=1S/C26H23N5O2/c1-15-22(16-9-17-13-30-25(27-2)11-23(17)29-12-16)10-18(14-28-15)31-26(33)21-7-3-6-20-19(21)5-4-8-24(20)32/h3,6-7,9-14H,4-5,8H2,1-2H3,(H,27,30)(H,31,33). The van der Waals surface area contributed by atoms with Gasteiger partial charge in [-0.1, -0.05) is 12.1 Å². The number of rotatable bonds is 4. The molecule has 1 amide bonds. The van der Waals surface area contributed by atoms with Crippen LogP contribution in [-0.2, 0) is 6.42 Å². The van der Waals surface area contributed by atoms with Crippen molar-refractivity contribution in [3.63, 3.8) is 0 Å². The lowest BCUT2D eigenvalue weighted by molar-refractivity contribution is 0.0972. The Morgan fingerprint density at radius 1 is 0.970 bits per heavy atom. The van der Waals surface area contributed by atoms with Gasteiger partial charge in [0.2, 0.25) is 0 Å². The number of aryl methyl sites for hydroxylation is 1. The van der Waals surface area contributed by atoms with Gasteiger partial charge in [-0.25, -0.2) is 4.98 Å². The van der Waals surface area contributed by atoms with Gasteiger partial charge in [-0.2, -0.15) is 0 Å². The molecule has 0 fully saturated rings. The molecule has 7 nitrogen and oxygen atoms in total. The van der Waals surface area contributed by atoms with E-state index >= 15 is 0 Å². The number of hydrogen-bond donors (Lipinski definition) is 2. The quantitative estimate of drug-likeness (QED) is 0.475. The molecule has 3 aromatic heterocycles. The highest BCUT2D eigenvalue weighted by atomic mass is 16.1. The van der Waals surface area contributed by atoms with E-state index in [4.69, 9.17) is 0 Å². The van der Waals surface area contributed by atoms with Gasteiger partial charge < -0.3 is 10.6 Å². The maximum Gasteiger partial charge on any atom is 0.256 e. The number of nitrogens with zero attached hydrogens (tertiary/aromatic N) is 3. The lowest BCUT2D eigenvalue weighted by Crippen LogP contribution is -2.19. The van der Waals surface area contributed by atoms with E-state index in [1.54, 1.807) is 36.8 Å². The van der Waals surface area contributed by atoms with Crippen LogP contribution in [0.15, 0.2) is 55.0 Å². The number of benzene rings is 1. The van der Waals surface area contributed by atoms with Gasteiger partial charge in [-0.05, 0) is 43.5 Å². The Labute approximate surface area is 191 Å². The van der Waals surface area contributed by atoms with Gasteiger partial charge in [-0.3, -0.25) is 19.6 Å². The number of carbonyl (C=O) groups excluding carboxylic acids is 2. The lowest BCUT2D eigenvalue weighted by Gasteiger charge is -2.18. The van der Waals surface area contributed by atoms with E-state index in [9.17, 15) is 9.59 Å². The topological polar surface area (TPSA) is 96.9 Å². The van der Waals surface area contributed by atoms with E-state index < -0.39 is 0 Å². The van der Waals surface area contributed by atoms with Crippen molar-refractivity contribution in [3.05, 3.63) is 77.4 Å². The Kier molecular flexibility index (Phi) is 5.30. The summed E-state index contributed by atoms with van der Waals surface area (Å²) in [6.45, 7) is 1.92. The first-order valence-electron chi connectivity index (χ1n) is 10.9. The molecule has 0 radical (unpaired) electrons. The maximum absolute atomic E-state index is 13.1. The van der Waals surface area contributed by atoms with Crippen LogP contribution in [0, 0.1) is 6.92 Å². The van der Waals surface area contributed by atoms with E-state index in [-0.39, 0.29) is 11.7 Å². The Balaban J connectivity index is 1.46. The van der Waals surface area contributed by atoms with Gasteiger partial charge in [0.25, 0.3) is 5.91 Å². The molecule has 33 heavy (non-hydrogen) atoms. The third-order valence-electron chi connectivity index (χ3n) is 6.03. The summed E-state index contributed by atoms with van der Waals surface area (Å²) in [6.07, 6.45) is 7.27. The summed E-state index contributed by atoms with van der Waals surface area (Å²) in [4.78, 5) is 38.7. The molecule has 0 bridgehead atoms. The van der Waals surface area contributed by atoms with Crippen molar-refractivity contribution in [3.8, 4) is 11.1 Å². The molecule has 3 heterocycles. The first-order chi connectivity index (χ1) is 16.0. The molecule has 0 unspecified atom stereocenters. The highest BCUT2D eigenvalue weighted by molar-refractivity contribution is 6.09. The van der Waals surface area contributed by atoms with E-state index in [1.165, 1.54) is 0 Å². The molecule has 0 spiro atoms. The molecule has 1 aromatic carbocycles. The number of fused-ring (bicyclic) bond motifs is 2. The molecule has 2 N–H and O–H groups in total. The van der Waals surface area contributed by atoms with Crippen molar-refractivity contribution in [2.45, 2.75) is 26.2 Å². The Hall–Kier alpha value is -4.13. The Morgan fingerprint density at radius 3 is 2.70 bits per heavy atom. The second-order valence-corrected chi connectivity index (χ2v) is 8.16. The second kappa shape index (κ2) is 8.43. The van der Waals surface area contributed by atoms with Crippen LogP contribution in [-0.4, -0.2) is 33.7 Å². The first kappa shape index (κ1) is 20.8. The predicted octanol–water partition coefficient (Wildman–Crippen LogP) is 4.81. The van der Waals surface area contributed by atoms with Crippen molar-refractivity contribution in [1.82, 2.24) is 15.0 Å². The van der Waals surface area contributed by atoms with Gasteiger partial charge in [0.05, 0.1) is 17.4 Å². The molecular formula is C26H23N5O2. The van der Waals surface area contributed by atoms with Crippen molar-refractivity contribution >= 4 is 34.1 Å². The van der Waals surface area contributed by atoms with Crippen LogP contribution in [0.1, 0.15) is 44.8 Å². The van der Waals surface area contributed by atoms with Gasteiger partial charge in [-0.15, -0.1) is 0 Å². The summed E-state index contributed by atoms with van der Waals surface area (Å²) in [5.74, 6) is 0.624. The Morgan fingerprint density at radius 2 is 1.85 bits per heavy atom. The molecule has 1 aliphatic carbocycles. The van der Waals surface area contributed by atoms with Crippen LogP contribution in [0.3, 0.4) is 0 Å². The molecular weight excluding hydrogens is 414 g/mol. The number of carbonyl (C=O) groups is 2. The highest BCUT2D eigenvalue weighted by Gasteiger charge is 2.22. The third-order valence-corrected chi connectivity index (χ3v) is 6.03. The molecule has 0 aliphatic heterocycles. The fourth-order valence-electron chi connectivity index (χ4n) is 4.29. The van der Waals surface area contributed by atoms with Gasteiger partial charge in [0.15, 0.2) is 5.78 Å². The minimum Gasteiger partial charge on any atom is -0.373 e. The zero-order valence-electron chi connectivity index (χ0n) is 18.5. The molecule has 0 atom stereocenters. The molecule has 4 aromatic rings. The average molecular weight is 438 g/mol. The SMILES string of the molecule is CNc1cc2ncc(-c3cc(NC(=O)c4cccc5c4CCCC5=O)cnc3C)cc2cn1. The minimum atomic E-state index is -0.237. The van der Waals surface area contributed by atoms with Gasteiger partial charge in [0, 0.05) is 65.3 Å². The number of pyridine rings is 3. The zero-order chi connectivity index (χ0) is 22.9. The summed E-state index contributed by atoms with van der Waals surface area (Å²) >= 11 is 0. The highest BCUT2D eigenvalue weighted by Crippen LogP contribution is 2.29. The van der Waals surface area contributed by atoms with Crippen LogP contribution in [0.5, 0.6) is 0 Å². The normalized spacial score (nSPS) is 13.0. The third kappa shape index (κ3) is 3.93. The largest absolute Gasteiger partial charge is 0.373 e. The number of ketones is 1. The molecule has 0 saturated heterocycles. The lowest BCUT2D eigenvalue weighted by atomic mass is 9.87. The second-order valence-electron chi connectivity index (χ2n) is 8.16. The number of Topliss-reactive ketones (excluding diaryl/α,β-unsaturated/α-hetero) is 1. The number of anilines is 2. The molecule has 1 aliphatic rings. The van der Waals surface area contributed by atoms with E-state index in [0.717, 1.165) is 51.9 Å². The summed E-state index contributed by atoms with van der Waals surface area (Å²) in [5.41, 5.74) is 6.07. The average Bonchev–Trinajstić information content (AvgIpc) is 2.84. The fraction of sp³-hybridized carbons (Fsp3) is 0.192. The summed E-state index contributed by atoms with van der Waals surface area (Å²) in [7, 11) is 1.82. The molecule has 7 heteroatoms. The smallest absolute Gasteiger partial charge is 0.256 e. The number of aromatic nitrogens is 3. The Bertz CT molecular complexity index is 1410. The van der Waals surface area contributed by atoms with Crippen molar-refractivity contribution < 1.29 is 9.59 Å². The minimum absolute atomic E-state index is 0.102. The van der Waals surface area contributed by atoms with Gasteiger partial charge >= 0.3 is 0 Å². The van der Waals surface area contributed by atoms with Crippen LogP contribution < -0.4 is 10.6 Å². The van der Waals surface area contributed by atoms with Crippen LogP contribution in [0.4, 0.5) is 11.5 Å². The van der Waals surface area contributed by atoms with Crippen LogP contribution >= 0.6 is 0 Å². The monoisotopic (exact) mass is 437 g/mol. The predicted molar refractivity (Wildman–Crippen MR) is 129 cm³/mol. The van der Waals surface area contributed by atoms with Crippen molar-refractivity contribution in [2.75, 3.05) is 17.7 Å². The molecule has 164 valence electrons. The zero-order valence-corrected chi connectivity index (χ0v) is 18.5. The van der Waals surface area contributed by atoms with Crippen molar-refractivity contribution in [2.24, 2.45) is 0 Å². The fourth-order valence-corrected chi connectivity index (χ4v) is 4.29. The maximum atomic E-state index is 13.1. The summed E-state index contributed by atoms with van der Waals surface area (Å²) < 4.78 is 0. The molecule has 0 saturated carbocycles. The number of amides is 1. The summed E-state index contributed by atoms with van der Waals surface area (Å²) in [6, 6.07) is 11.2. The molecule has 5 rings (SSSR count).